The zero-order chi connectivity index (χ0) is 22.3. The Morgan fingerprint density at radius 1 is 1.03 bits per heavy atom. The first-order valence-corrected chi connectivity index (χ1v) is 10.1. The molecule has 2 amide bonds. The van der Waals surface area contributed by atoms with Crippen LogP contribution in [0.5, 0.6) is 0 Å². The average Bonchev–Trinajstić information content (AvgIpc) is 2.67. The number of hydrogen-bond donors (Lipinski definition) is 2. The van der Waals surface area contributed by atoms with Crippen LogP contribution in [-0.4, -0.2) is 29.4 Å². The van der Waals surface area contributed by atoms with E-state index in [9.17, 15) is 14.4 Å². The lowest BCUT2D eigenvalue weighted by molar-refractivity contribution is -0.118. The largest absolute Gasteiger partial charge is 0.444 e. The molecule has 0 saturated heterocycles. The summed E-state index contributed by atoms with van der Waals surface area (Å²) in [6.45, 7) is 9.09. The highest BCUT2D eigenvalue weighted by atomic mass is 16.6. The third kappa shape index (κ3) is 6.72. The Morgan fingerprint density at radius 2 is 1.70 bits per heavy atom. The molecule has 2 N–H and O–H groups in total. The summed E-state index contributed by atoms with van der Waals surface area (Å²) < 4.78 is 5.27. The third-order valence-electron chi connectivity index (χ3n) is 4.30. The summed E-state index contributed by atoms with van der Waals surface area (Å²) in [5, 5.41) is 5.44. The van der Waals surface area contributed by atoms with Crippen LogP contribution in [0.4, 0.5) is 10.5 Å². The zero-order valence-corrected chi connectivity index (χ0v) is 18.2. The van der Waals surface area contributed by atoms with Crippen molar-refractivity contribution in [2.75, 3.05) is 5.32 Å². The van der Waals surface area contributed by atoms with Gasteiger partial charge in [0.15, 0.2) is 5.78 Å². The molecule has 0 radical (unpaired) electrons. The SMILES string of the molecule is CCCC(NC(=O)OC(C)(C)C)C(=O)Nc1ccc(C)cc1C(=O)c1ccccc1. The van der Waals surface area contributed by atoms with Crippen molar-refractivity contribution in [2.45, 2.75) is 59.1 Å². The molecule has 160 valence electrons. The topological polar surface area (TPSA) is 84.5 Å². The molecule has 0 aliphatic heterocycles. The Kier molecular flexibility index (Phi) is 7.75. The molecule has 0 spiro atoms. The van der Waals surface area contributed by atoms with Crippen molar-refractivity contribution >= 4 is 23.5 Å². The number of hydrogen-bond acceptors (Lipinski definition) is 4. The molecule has 0 aromatic heterocycles. The normalized spacial score (nSPS) is 12.0. The lowest BCUT2D eigenvalue weighted by Crippen LogP contribution is -2.45. The number of aryl methyl sites for hydroxylation is 1. The quantitative estimate of drug-likeness (QED) is 0.639. The van der Waals surface area contributed by atoms with Crippen molar-refractivity contribution in [1.29, 1.82) is 0 Å². The number of carbonyl (C=O) groups is 3. The standard InChI is InChI=1S/C24H30N2O4/c1-6-10-20(26-23(29)30-24(3,4)5)22(28)25-19-14-13-16(2)15-18(19)21(27)17-11-8-7-9-12-17/h7-9,11-15,20H,6,10H2,1-5H3,(H,25,28)(H,26,29). The monoisotopic (exact) mass is 410 g/mol. The Bertz CT molecular complexity index is 901. The summed E-state index contributed by atoms with van der Waals surface area (Å²) in [5.74, 6) is -0.574. The molecule has 0 bridgehead atoms. The third-order valence-corrected chi connectivity index (χ3v) is 4.30. The molecule has 0 aliphatic carbocycles. The molecule has 6 nitrogen and oxygen atoms in total. The maximum atomic E-state index is 13.0. The molecule has 0 heterocycles. The number of anilines is 1. The van der Waals surface area contributed by atoms with Gasteiger partial charge in [0.25, 0.3) is 0 Å². The van der Waals surface area contributed by atoms with E-state index in [1.807, 2.05) is 26.0 Å². The Balaban J connectivity index is 2.23. The van der Waals surface area contributed by atoms with E-state index in [4.69, 9.17) is 4.74 Å². The highest BCUT2D eigenvalue weighted by molar-refractivity contribution is 6.14. The van der Waals surface area contributed by atoms with Gasteiger partial charge in [-0.05, 0) is 46.2 Å². The Labute approximate surface area is 178 Å². The van der Waals surface area contributed by atoms with Crippen LogP contribution in [0.2, 0.25) is 0 Å². The highest BCUT2D eigenvalue weighted by Gasteiger charge is 2.25. The van der Waals surface area contributed by atoms with E-state index in [1.165, 1.54) is 0 Å². The minimum atomic E-state index is -0.772. The number of ketones is 1. The van der Waals surface area contributed by atoms with Crippen LogP contribution in [0.15, 0.2) is 48.5 Å². The van der Waals surface area contributed by atoms with E-state index in [0.717, 1.165) is 5.56 Å². The summed E-state index contributed by atoms with van der Waals surface area (Å²) in [7, 11) is 0. The minimum absolute atomic E-state index is 0.179. The average molecular weight is 411 g/mol. The van der Waals surface area contributed by atoms with Crippen molar-refractivity contribution < 1.29 is 19.1 Å². The van der Waals surface area contributed by atoms with Crippen LogP contribution in [-0.2, 0) is 9.53 Å². The molecule has 0 aliphatic rings. The van der Waals surface area contributed by atoms with Crippen LogP contribution in [0, 0.1) is 6.92 Å². The van der Waals surface area contributed by atoms with Crippen LogP contribution in [0.3, 0.4) is 0 Å². The van der Waals surface area contributed by atoms with Gasteiger partial charge in [0.1, 0.15) is 11.6 Å². The first-order valence-electron chi connectivity index (χ1n) is 10.1. The molecule has 1 unspecified atom stereocenters. The van der Waals surface area contributed by atoms with Crippen molar-refractivity contribution in [3.8, 4) is 0 Å². The lowest BCUT2D eigenvalue weighted by atomic mass is 9.99. The van der Waals surface area contributed by atoms with Crippen LogP contribution >= 0.6 is 0 Å². The van der Waals surface area contributed by atoms with Crippen LogP contribution < -0.4 is 10.6 Å². The summed E-state index contributed by atoms with van der Waals surface area (Å²) in [5.41, 5.74) is 1.59. The van der Waals surface area contributed by atoms with Crippen LogP contribution in [0.1, 0.15) is 62.0 Å². The summed E-state index contributed by atoms with van der Waals surface area (Å²) >= 11 is 0. The van der Waals surface area contributed by atoms with E-state index >= 15 is 0 Å². The van der Waals surface area contributed by atoms with Gasteiger partial charge in [-0.25, -0.2) is 4.79 Å². The fourth-order valence-corrected chi connectivity index (χ4v) is 2.93. The molecular formula is C24H30N2O4. The van der Waals surface area contributed by atoms with Gasteiger partial charge in [-0.1, -0.05) is 55.3 Å². The van der Waals surface area contributed by atoms with E-state index in [0.29, 0.717) is 29.7 Å². The molecule has 2 aromatic rings. The second kappa shape index (κ2) is 10.1. The van der Waals surface area contributed by atoms with Crippen molar-refractivity contribution in [1.82, 2.24) is 5.32 Å². The number of amides is 2. The van der Waals surface area contributed by atoms with E-state index < -0.39 is 23.6 Å². The molecular weight excluding hydrogens is 380 g/mol. The van der Waals surface area contributed by atoms with Crippen LogP contribution in [0.25, 0.3) is 0 Å². The number of nitrogens with one attached hydrogen (secondary N) is 2. The fourth-order valence-electron chi connectivity index (χ4n) is 2.93. The number of carbonyl (C=O) groups excluding carboxylic acids is 3. The number of alkyl carbamates (subject to hydrolysis) is 1. The first kappa shape index (κ1) is 23.1. The second-order valence-electron chi connectivity index (χ2n) is 8.22. The van der Waals surface area contributed by atoms with Gasteiger partial charge in [0.2, 0.25) is 5.91 Å². The Hall–Kier alpha value is -3.15. The molecule has 6 heteroatoms. The van der Waals surface area contributed by atoms with Crippen molar-refractivity contribution in [3.63, 3.8) is 0 Å². The van der Waals surface area contributed by atoms with Gasteiger partial charge < -0.3 is 15.4 Å². The van der Waals surface area contributed by atoms with Gasteiger partial charge in [0, 0.05) is 11.1 Å². The molecule has 0 fully saturated rings. The van der Waals surface area contributed by atoms with Gasteiger partial charge in [-0.2, -0.15) is 0 Å². The molecule has 30 heavy (non-hydrogen) atoms. The number of benzene rings is 2. The van der Waals surface area contributed by atoms with Gasteiger partial charge in [-0.15, -0.1) is 0 Å². The maximum Gasteiger partial charge on any atom is 0.408 e. The summed E-state index contributed by atoms with van der Waals surface area (Å²) in [4.78, 5) is 38.0. The van der Waals surface area contributed by atoms with Gasteiger partial charge in [-0.3, -0.25) is 9.59 Å². The molecule has 2 aromatic carbocycles. The van der Waals surface area contributed by atoms with Gasteiger partial charge >= 0.3 is 6.09 Å². The molecule has 0 saturated carbocycles. The van der Waals surface area contributed by atoms with E-state index in [2.05, 4.69) is 10.6 Å². The fraction of sp³-hybridized carbons (Fsp3) is 0.375. The highest BCUT2D eigenvalue weighted by Crippen LogP contribution is 2.22. The lowest BCUT2D eigenvalue weighted by Gasteiger charge is -2.23. The predicted octanol–water partition coefficient (Wildman–Crippen LogP) is 4.86. The van der Waals surface area contributed by atoms with E-state index in [1.54, 1.807) is 57.2 Å². The van der Waals surface area contributed by atoms with Gasteiger partial charge in [0.05, 0.1) is 5.69 Å². The zero-order valence-electron chi connectivity index (χ0n) is 18.2. The number of ether oxygens (including phenoxy) is 1. The Morgan fingerprint density at radius 3 is 2.30 bits per heavy atom. The molecule has 1 atom stereocenters. The molecule has 2 rings (SSSR count). The van der Waals surface area contributed by atoms with Crippen molar-refractivity contribution in [2.24, 2.45) is 0 Å². The summed E-state index contributed by atoms with van der Waals surface area (Å²) in [6.07, 6.45) is 0.483. The second-order valence-corrected chi connectivity index (χ2v) is 8.22. The maximum absolute atomic E-state index is 13.0. The minimum Gasteiger partial charge on any atom is -0.444 e. The van der Waals surface area contributed by atoms with Crippen molar-refractivity contribution in [3.05, 3.63) is 65.2 Å². The smallest absolute Gasteiger partial charge is 0.408 e. The first-order chi connectivity index (χ1) is 14.1. The number of rotatable bonds is 7. The van der Waals surface area contributed by atoms with E-state index in [-0.39, 0.29) is 5.78 Å². The predicted molar refractivity (Wildman–Crippen MR) is 118 cm³/mol. The summed E-state index contributed by atoms with van der Waals surface area (Å²) in [6, 6.07) is 13.4.